The number of rotatable bonds is 4. The molecule has 0 bridgehead atoms. The van der Waals surface area contributed by atoms with E-state index in [9.17, 15) is 4.79 Å². The highest BCUT2D eigenvalue weighted by atomic mass is 32.1. The van der Waals surface area contributed by atoms with Gasteiger partial charge in [-0.3, -0.25) is 4.79 Å². The van der Waals surface area contributed by atoms with Gasteiger partial charge < -0.3 is 5.32 Å². The van der Waals surface area contributed by atoms with E-state index in [1.807, 2.05) is 6.92 Å². The molecule has 1 saturated carbocycles. The van der Waals surface area contributed by atoms with Crippen LogP contribution in [0.1, 0.15) is 45.2 Å². The molecule has 0 unspecified atom stereocenters. The first-order chi connectivity index (χ1) is 9.59. The summed E-state index contributed by atoms with van der Waals surface area (Å²) >= 11 is 1.45. The minimum atomic E-state index is -0.0942. The van der Waals surface area contributed by atoms with Gasteiger partial charge in [-0.2, -0.15) is 4.52 Å². The summed E-state index contributed by atoms with van der Waals surface area (Å²) in [7, 11) is 0. The highest BCUT2D eigenvalue weighted by Gasteiger charge is 2.28. The zero-order chi connectivity index (χ0) is 14.2. The van der Waals surface area contributed by atoms with Gasteiger partial charge in [0, 0.05) is 18.3 Å². The van der Waals surface area contributed by atoms with E-state index >= 15 is 0 Å². The smallest absolute Gasteiger partial charge is 0.275 e. The van der Waals surface area contributed by atoms with Gasteiger partial charge >= 0.3 is 0 Å². The molecule has 0 radical (unpaired) electrons. The number of aromatic nitrogens is 3. The van der Waals surface area contributed by atoms with Crippen LogP contribution in [0.25, 0.3) is 4.96 Å². The third-order valence-electron chi connectivity index (χ3n) is 4.14. The molecule has 0 aliphatic heterocycles. The van der Waals surface area contributed by atoms with Crippen LogP contribution in [0.5, 0.6) is 0 Å². The monoisotopic (exact) mass is 292 g/mol. The molecule has 108 valence electrons. The topological polar surface area (TPSA) is 59.3 Å². The summed E-state index contributed by atoms with van der Waals surface area (Å²) in [6.45, 7) is 5.24. The predicted molar refractivity (Wildman–Crippen MR) is 81.6 cm³/mol. The average Bonchev–Trinajstić information content (AvgIpc) is 3.03. The minimum absolute atomic E-state index is 0.0942. The van der Waals surface area contributed by atoms with Crippen LogP contribution in [-0.2, 0) is 6.42 Å². The van der Waals surface area contributed by atoms with Gasteiger partial charge in [-0.1, -0.05) is 38.0 Å². The molecule has 2 aromatic heterocycles. The Morgan fingerprint density at radius 2 is 2.20 bits per heavy atom. The highest BCUT2D eigenvalue weighted by molar-refractivity contribution is 7.20. The van der Waals surface area contributed by atoms with Crippen molar-refractivity contribution < 1.29 is 0 Å². The van der Waals surface area contributed by atoms with Crippen molar-refractivity contribution in [1.29, 1.82) is 0 Å². The maximum Gasteiger partial charge on any atom is 0.275 e. The maximum absolute atomic E-state index is 11.9. The van der Waals surface area contributed by atoms with E-state index in [-0.39, 0.29) is 5.56 Å². The van der Waals surface area contributed by atoms with E-state index in [1.54, 1.807) is 6.07 Å². The van der Waals surface area contributed by atoms with E-state index in [0.29, 0.717) is 10.4 Å². The van der Waals surface area contributed by atoms with Crippen molar-refractivity contribution in [2.24, 2.45) is 5.41 Å². The molecule has 1 fully saturated rings. The molecular formula is C14H20N4OS. The first kappa shape index (κ1) is 13.5. The number of fused-ring (bicyclic) bond motifs is 1. The Labute approximate surface area is 122 Å². The van der Waals surface area contributed by atoms with Crippen molar-refractivity contribution in [3.8, 4) is 0 Å². The molecule has 0 atom stereocenters. The summed E-state index contributed by atoms with van der Waals surface area (Å²) in [5.74, 6) is 0. The van der Waals surface area contributed by atoms with Gasteiger partial charge in [-0.05, 0) is 24.7 Å². The summed E-state index contributed by atoms with van der Waals surface area (Å²) < 4.78 is 1.39. The first-order valence-corrected chi connectivity index (χ1v) is 8.05. The normalized spacial score (nSPS) is 17.7. The Morgan fingerprint density at radius 3 is 2.90 bits per heavy atom. The molecule has 2 heterocycles. The summed E-state index contributed by atoms with van der Waals surface area (Å²) in [4.78, 5) is 17.1. The molecule has 5 nitrogen and oxygen atoms in total. The molecule has 0 spiro atoms. The molecule has 1 N–H and O–H groups in total. The van der Waals surface area contributed by atoms with Crippen LogP contribution in [0.3, 0.4) is 0 Å². The lowest BCUT2D eigenvalue weighted by Gasteiger charge is -2.23. The Kier molecular flexibility index (Phi) is 3.50. The van der Waals surface area contributed by atoms with Gasteiger partial charge in [0.05, 0.1) is 0 Å². The fourth-order valence-corrected chi connectivity index (χ4v) is 3.62. The summed E-state index contributed by atoms with van der Waals surface area (Å²) in [5, 5.41) is 8.51. The largest absolute Gasteiger partial charge is 0.360 e. The first-order valence-electron chi connectivity index (χ1n) is 7.23. The van der Waals surface area contributed by atoms with Crippen molar-refractivity contribution in [3.05, 3.63) is 22.1 Å². The quantitative estimate of drug-likeness (QED) is 0.941. The third kappa shape index (κ3) is 2.57. The van der Waals surface area contributed by atoms with Crippen molar-refractivity contribution in [2.45, 2.75) is 46.0 Å². The number of hydrogen-bond donors (Lipinski definition) is 1. The van der Waals surface area contributed by atoms with E-state index < -0.39 is 0 Å². The predicted octanol–water partition coefficient (Wildman–Crippen LogP) is 2.71. The van der Waals surface area contributed by atoms with Crippen molar-refractivity contribution in [3.63, 3.8) is 0 Å². The van der Waals surface area contributed by atoms with Crippen LogP contribution < -0.4 is 10.9 Å². The van der Waals surface area contributed by atoms with Gasteiger partial charge in [0.1, 0.15) is 0 Å². The molecule has 0 amide bonds. The SMILES string of the molecule is CCc1cc(=O)n2nc(NCC3(C)CCCC3)sc2n1. The lowest BCUT2D eigenvalue weighted by molar-refractivity contribution is 0.362. The van der Waals surface area contributed by atoms with Crippen LogP contribution in [0.4, 0.5) is 5.13 Å². The van der Waals surface area contributed by atoms with Crippen LogP contribution in [0, 0.1) is 5.41 Å². The Bertz CT molecular complexity index is 669. The van der Waals surface area contributed by atoms with Crippen LogP contribution in [0.15, 0.2) is 10.9 Å². The van der Waals surface area contributed by atoms with E-state index in [0.717, 1.165) is 23.8 Å². The summed E-state index contributed by atoms with van der Waals surface area (Å²) in [6, 6.07) is 1.56. The molecule has 0 saturated heterocycles. The van der Waals surface area contributed by atoms with Gasteiger partial charge in [0.2, 0.25) is 10.1 Å². The molecule has 3 rings (SSSR count). The lowest BCUT2D eigenvalue weighted by Crippen LogP contribution is -2.23. The zero-order valence-corrected chi connectivity index (χ0v) is 12.8. The van der Waals surface area contributed by atoms with Crippen molar-refractivity contribution in [2.75, 3.05) is 11.9 Å². The number of nitrogens with one attached hydrogen (secondary N) is 1. The molecule has 1 aliphatic carbocycles. The maximum atomic E-state index is 11.9. The highest BCUT2D eigenvalue weighted by Crippen LogP contribution is 2.37. The Balaban J connectivity index is 1.82. The fraction of sp³-hybridized carbons (Fsp3) is 0.643. The van der Waals surface area contributed by atoms with Gasteiger partial charge in [-0.15, -0.1) is 5.10 Å². The van der Waals surface area contributed by atoms with Gasteiger partial charge in [0.15, 0.2) is 0 Å². The Morgan fingerprint density at radius 1 is 1.45 bits per heavy atom. The second kappa shape index (κ2) is 5.16. The second-order valence-corrected chi connectivity index (χ2v) is 6.87. The molecule has 6 heteroatoms. The third-order valence-corrected chi connectivity index (χ3v) is 5.00. The molecule has 20 heavy (non-hydrogen) atoms. The van der Waals surface area contributed by atoms with E-state index in [2.05, 4.69) is 22.3 Å². The fourth-order valence-electron chi connectivity index (χ4n) is 2.80. The van der Waals surface area contributed by atoms with E-state index in [1.165, 1.54) is 41.5 Å². The zero-order valence-electron chi connectivity index (χ0n) is 12.0. The van der Waals surface area contributed by atoms with Crippen molar-refractivity contribution >= 4 is 21.4 Å². The lowest BCUT2D eigenvalue weighted by atomic mass is 9.89. The second-order valence-electron chi connectivity index (χ2n) is 5.91. The van der Waals surface area contributed by atoms with Gasteiger partial charge in [0.25, 0.3) is 5.56 Å². The number of nitrogens with zero attached hydrogens (tertiary/aromatic N) is 3. The summed E-state index contributed by atoms with van der Waals surface area (Å²) in [5.41, 5.74) is 1.10. The molecule has 2 aromatic rings. The number of anilines is 1. The number of aryl methyl sites for hydroxylation is 1. The standard InChI is InChI=1S/C14H20N4OS/c1-3-10-8-11(19)18-13(16-10)20-12(17-18)15-9-14(2)6-4-5-7-14/h8H,3-7,9H2,1-2H3,(H,15,17). The van der Waals surface area contributed by atoms with Crippen LogP contribution in [0.2, 0.25) is 0 Å². The van der Waals surface area contributed by atoms with Crippen LogP contribution in [-0.4, -0.2) is 21.1 Å². The minimum Gasteiger partial charge on any atom is -0.360 e. The number of hydrogen-bond acceptors (Lipinski definition) is 5. The van der Waals surface area contributed by atoms with E-state index in [4.69, 9.17) is 0 Å². The van der Waals surface area contributed by atoms with Crippen molar-refractivity contribution in [1.82, 2.24) is 14.6 Å². The Hall–Kier alpha value is -1.43. The summed E-state index contributed by atoms with van der Waals surface area (Å²) in [6.07, 6.45) is 5.94. The molecular weight excluding hydrogens is 272 g/mol. The average molecular weight is 292 g/mol. The molecule has 1 aliphatic rings. The van der Waals surface area contributed by atoms with Gasteiger partial charge in [-0.25, -0.2) is 4.98 Å². The molecule has 0 aromatic carbocycles. The van der Waals surface area contributed by atoms with Crippen LogP contribution >= 0.6 is 11.3 Å².